The molecule has 0 radical (unpaired) electrons. The third-order valence-electron chi connectivity index (χ3n) is 9.57. The molecule has 0 spiro atoms. The number of likely N-dealkylation sites (tertiary alicyclic amines) is 1. The zero-order valence-corrected chi connectivity index (χ0v) is 28.1. The number of amides is 2. The smallest absolute Gasteiger partial charge is 0.320 e. The number of ether oxygens (including phenoxy) is 1. The Kier molecular flexibility index (Phi) is 8.65. The predicted octanol–water partition coefficient (Wildman–Crippen LogP) is 6.64. The molecular formula is C37H44N8O3. The second kappa shape index (κ2) is 13.0. The average molecular weight is 649 g/mol. The number of urea groups is 1. The van der Waals surface area contributed by atoms with Gasteiger partial charge in [-0.2, -0.15) is 5.10 Å². The van der Waals surface area contributed by atoms with E-state index in [1.54, 1.807) is 4.68 Å². The number of carbonyl (C=O) groups is 1. The quantitative estimate of drug-likeness (QED) is 0.181. The summed E-state index contributed by atoms with van der Waals surface area (Å²) in [6.45, 7) is 7.30. The van der Waals surface area contributed by atoms with Gasteiger partial charge in [-0.05, 0) is 80.2 Å². The van der Waals surface area contributed by atoms with Crippen molar-refractivity contribution in [2.75, 3.05) is 18.9 Å². The van der Waals surface area contributed by atoms with E-state index >= 15 is 0 Å². The summed E-state index contributed by atoms with van der Waals surface area (Å²) in [6, 6.07) is 21.3. The summed E-state index contributed by atoms with van der Waals surface area (Å²) in [5.74, 6) is 2.29. The van der Waals surface area contributed by atoms with Gasteiger partial charge in [0.05, 0.1) is 36.3 Å². The first kappa shape index (κ1) is 31.8. The number of carbonyl (C=O) groups excluding carboxylic acids is 1. The van der Waals surface area contributed by atoms with E-state index < -0.39 is 0 Å². The molecule has 2 aromatic carbocycles. The number of nitrogens with zero attached hydrogens (tertiary/aromatic N) is 6. The van der Waals surface area contributed by atoms with Crippen LogP contribution in [0.2, 0.25) is 0 Å². The number of aliphatic hydroxyl groups is 1. The standard InChI is InChI=1S/C37H44N8O3/c1-37(2,3)32-21-34(45(42-32)25-14-12-24(23-46)13-15-25)39-36(47)38-29-17-18-31(28-10-6-5-9-27(28)29)48-26-16-19-33-40-41-35(44(33)22-26)30-11-7-8-20-43(30)4/h5-6,9-10,12-16,19,21-22,29-31,46H,7-8,11,17-18,20,23H2,1-4H3,(H2,38,39,47)/t29-,30?,31+/m0/s1. The maximum atomic E-state index is 13.5. The molecule has 5 aromatic rings. The van der Waals surface area contributed by atoms with Gasteiger partial charge in [0.15, 0.2) is 11.5 Å². The van der Waals surface area contributed by atoms with Gasteiger partial charge >= 0.3 is 6.03 Å². The molecule has 1 saturated heterocycles. The Bertz CT molecular complexity index is 1910. The van der Waals surface area contributed by atoms with E-state index in [2.05, 4.69) is 70.1 Å². The van der Waals surface area contributed by atoms with Gasteiger partial charge in [0.1, 0.15) is 17.7 Å². The molecule has 0 bridgehead atoms. The number of hydrogen-bond acceptors (Lipinski definition) is 7. The lowest BCUT2D eigenvalue weighted by Gasteiger charge is -2.32. The fourth-order valence-corrected chi connectivity index (χ4v) is 6.86. The lowest BCUT2D eigenvalue weighted by Crippen LogP contribution is -2.36. The SMILES string of the molecule is CN1CCCCC1c1nnc2ccc(O[C@@H]3CC[C@H](NC(=O)Nc4cc(C(C)(C)C)nn4-c4ccc(CO)cc4)c4ccccc43)cn12. The first-order chi connectivity index (χ1) is 23.2. The summed E-state index contributed by atoms with van der Waals surface area (Å²) in [4.78, 5) is 15.9. The summed E-state index contributed by atoms with van der Waals surface area (Å²) in [5, 5.41) is 29.6. The molecule has 48 heavy (non-hydrogen) atoms. The third-order valence-corrected chi connectivity index (χ3v) is 9.57. The number of hydrogen-bond donors (Lipinski definition) is 3. The van der Waals surface area contributed by atoms with E-state index in [0.29, 0.717) is 5.82 Å². The highest BCUT2D eigenvalue weighted by Gasteiger charge is 2.31. The van der Waals surface area contributed by atoms with Gasteiger partial charge in [0, 0.05) is 11.5 Å². The van der Waals surface area contributed by atoms with E-state index in [-0.39, 0.29) is 36.2 Å². The van der Waals surface area contributed by atoms with Gasteiger partial charge in [-0.1, -0.05) is 63.6 Å². The van der Waals surface area contributed by atoms with Crippen molar-refractivity contribution in [1.29, 1.82) is 0 Å². The van der Waals surface area contributed by atoms with Crippen LogP contribution in [0.4, 0.5) is 10.6 Å². The monoisotopic (exact) mass is 648 g/mol. The van der Waals surface area contributed by atoms with Crippen LogP contribution >= 0.6 is 0 Å². The van der Waals surface area contributed by atoms with Crippen molar-refractivity contribution in [3.8, 4) is 11.4 Å². The highest BCUT2D eigenvalue weighted by atomic mass is 16.5. The minimum Gasteiger partial charge on any atom is -0.484 e. The topological polar surface area (TPSA) is 122 Å². The molecule has 3 aromatic heterocycles. The summed E-state index contributed by atoms with van der Waals surface area (Å²) in [7, 11) is 2.16. The molecule has 3 atom stereocenters. The van der Waals surface area contributed by atoms with E-state index in [1.807, 2.05) is 60.8 Å². The van der Waals surface area contributed by atoms with Crippen LogP contribution in [0.1, 0.15) is 99.3 Å². The molecule has 1 aliphatic carbocycles. The largest absolute Gasteiger partial charge is 0.484 e. The van der Waals surface area contributed by atoms with Gasteiger partial charge in [-0.15, -0.1) is 10.2 Å². The van der Waals surface area contributed by atoms with Crippen LogP contribution in [0.3, 0.4) is 0 Å². The molecule has 4 heterocycles. The van der Waals surface area contributed by atoms with Crippen LogP contribution < -0.4 is 15.4 Å². The Morgan fingerprint density at radius 1 is 0.979 bits per heavy atom. The fraction of sp³-hybridized carbons (Fsp3) is 0.405. The van der Waals surface area contributed by atoms with Crippen molar-refractivity contribution in [2.45, 2.75) is 83.1 Å². The Hall–Kier alpha value is -4.74. The number of aliphatic hydroxyl groups excluding tert-OH is 1. The van der Waals surface area contributed by atoms with Gasteiger partial charge in [-0.3, -0.25) is 14.6 Å². The molecule has 11 nitrogen and oxygen atoms in total. The van der Waals surface area contributed by atoms with E-state index in [9.17, 15) is 9.90 Å². The molecule has 3 N–H and O–H groups in total. The summed E-state index contributed by atoms with van der Waals surface area (Å²) >= 11 is 0. The number of anilines is 1. The molecule has 1 fully saturated rings. The Morgan fingerprint density at radius 3 is 2.52 bits per heavy atom. The Labute approximate surface area is 280 Å². The van der Waals surface area contributed by atoms with Crippen molar-refractivity contribution in [3.63, 3.8) is 0 Å². The molecule has 1 unspecified atom stereocenters. The molecule has 11 heteroatoms. The van der Waals surface area contributed by atoms with Crippen LogP contribution in [0.5, 0.6) is 5.75 Å². The number of pyridine rings is 1. The lowest BCUT2D eigenvalue weighted by molar-refractivity contribution is 0.170. The molecule has 1 aliphatic heterocycles. The van der Waals surface area contributed by atoms with Gasteiger partial charge < -0.3 is 15.2 Å². The molecule has 0 saturated carbocycles. The lowest BCUT2D eigenvalue weighted by atomic mass is 9.85. The van der Waals surface area contributed by atoms with Crippen LogP contribution in [-0.2, 0) is 12.0 Å². The maximum Gasteiger partial charge on any atom is 0.320 e. The number of benzene rings is 2. The highest BCUT2D eigenvalue weighted by molar-refractivity contribution is 5.89. The van der Waals surface area contributed by atoms with E-state index in [1.165, 1.54) is 12.8 Å². The van der Waals surface area contributed by atoms with Gasteiger partial charge in [0.2, 0.25) is 0 Å². The van der Waals surface area contributed by atoms with Crippen molar-refractivity contribution in [2.24, 2.45) is 0 Å². The number of fused-ring (bicyclic) bond motifs is 2. The molecule has 2 amide bonds. The minimum atomic E-state index is -0.305. The van der Waals surface area contributed by atoms with Crippen molar-refractivity contribution in [3.05, 3.63) is 101 Å². The Morgan fingerprint density at radius 2 is 1.77 bits per heavy atom. The van der Waals surface area contributed by atoms with Crippen molar-refractivity contribution >= 4 is 17.5 Å². The molecule has 2 aliphatic rings. The zero-order valence-electron chi connectivity index (χ0n) is 28.1. The summed E-state index contributed by atoms with van der Waals surface area (Å²) < 4.78 is 10.5. The average Bonchev–Trinajstić information content (AvgIpc) is 3.71. The summed E-state index contributed by atoms with van der Waals surface area (Å²) in [5.41, 5.74) is 5.17. The van der Waals surface area contributed by atoms with Crippen molar-refractivity contribution < 1.29 is 14.6 Å². The molecule has 7 rings (SSSR count). The van der Waals surface area contributed by atoms with E-state index in [4.69, 9.17) is 9.84 Å². The maximum absolute atomic E-state index is 13.5. The molecule has 250 valence electrons. The normalized spacial score (nSPS) is 20.0. The van der Waals surface area contributed by atoms with E-state index in [0.717, 1.165) is 71.1 Å². The van der Waals surface area contributed by atoms with Gasteiger partial charge in [-0.25, -0.2) is 9.48 Å². The first-order valence-corrected chi connectivity index (χ1v) is 16.9. The van der Waals surface area contributed by atoms with Crippen LogP contribution in [0.25, 0.3) is 11.3 Å². The number of nitrogens with one attached hydrogen (secondary N) is 2. The third kappa shape index (κ3) is 6.40. The predicted molar refractivity (Wildman–Crippen MR) is 184 cm³/mol. The summed E-state index contributed by atoms with van der Waals surface area (Å²) in [6.07, 6.45) is 6.78. The van der Waals surface area contributed by atoms with Crippen LogP contribution in [0.15, 0.2) is 72.9 Å². The number of piperidine rings is 1. The number of rotatable bonds is 7. The Balaban J connectivity index is 1.09. The first-order valence-electron chi connectivity index (χ1n) is 16.9. The highest BCUT2D eigenvalue weighted by Crippen LogP contribution is 2.39. The molecular weight excluding hydrogens is 604 g/mol. The van der Waals surface area contributed by atoms with Crippen LogP contribution in [-0.4, -0.2) is 54.0 Å². The second-order valence-corrected chi connectivity index (χ2v) is 14.0. The fourth-order valence-electron chi connectivity index (χ4n) is 6.86. The number of aromatic nitrogens is 5. The zero-order chi connectivity index (χ0) is 33.4. The van der Waals surface area contributed by atoms with Crippen LogP contribution in [0, 0.1) is 0 Å². The minimum absolute atomic E-state index is 0.0363. The van der Waals surface area contributed by atoms with Crippen molar-refractivity contribution in [1.82, 2.24) is 34.6 Å². The second-order valence-electron chi connectivity index (χ2n) is 14.0. The van der Waals surface area contributed by atoms with Gasteiger partial charge in [0.25, 0.3) is 0 Å².